The molecule has 0 unspecified atom stereocenters. The average Bonchev–Trinajstić information content (AvgIpc) is 3.64. The van der Waals surface area contributed by atoms with Crippen molar-refractivity contribution in [1.82, 2.24) is 14.4 Å². The third-order valence-corrected chi connectivity index (χ3v) is 8.49. The third-order valence-electron chi connectivity index (χ3n) is 8.49. The number of benzene rings is 3. The average molecular weight is 565 g/mol. The highest BCUT2D eigenvalue weighted by atomic mass is 16.5. The van der Waals surface area contributed by atoms with E-state index in [0.29, 0.717) is 36.1 Å². The summed E-state index contributed by atoms with van der Waals surface area (Å²) in [5, 5.41) is 0. The van der Waals surface area contributed by atoms with Crippen molar-refractivity contribution in [3.05, 3.63) is 101 Å². The Labute approximate surface area is 246 Å². The van der Waals surface area contributed by atoms with E-state index in [1.165, 1.54) is 0 Å². The van der Waals surface area contributed by atoms with Gasteiger partial charge in [0.15, 0.2) is 0 Å². The van der Waals surface area contributed by atoms with Crippen LogP contribution in [0.1, 0.15) is 38.5 Å². The summed E-state index contributed by atoms with van der Waals surface area (Å²) in [6, 6.07) is 25.5. The Balaban J connectivity index is 1.34. The number of hydrogen-bond acceptors (Lipinski definition) is 5. The molecule has 1 saturated heterocycles. The van der Waals surface area contributed by atoms with Crippen molar-refractivity contribution < 1.29 is 19.1 Å². The number of methoxy groups -OCH3 is 2. The number of likely N-dealkylation sites (N-methyl/N-ethyl adjacent to an activating group) is 1. The second-order valence-electron chi connectivity index (χ2n) is 11.1. The molecule has 8 nitrogen and oxygen atoms in total. The van der Waals surface area contributed by atoms with Crippen molar-refractivity contribution in [3.8, 4) is 22.6 Å². The zero-order valence-electron chi connectivity index (χ0n) is 24.5. The fraction of sp³-hybridized carbons (Fsp3) is 0.294. The molecule has 0 spiro atoms. The first kappa shape index (κ1) is 27.6. The van der Waals surface area contributed by atoms with Gasteiger partial charge in [-0.15, -0.1) is 0 Å². The molecule has 3 aromatic carbocycles. The molecular formula is C34H36N4O4. The van der Waals surface area contributed by atoms with Gasteiger partial charge in [-0.25, -0.2) is 0 Å². The van der Waals surface area contributed by atoms with Crippen LogP contribution in [0.25, 0.3) is 11.1 Å². The van der Waals surface area contributed by atoms with Gasteiger partial charge in [0.2, 0.25) is 0 Å². The molecule has 3 heterocycles. The van der Waals surface area contributed by atoms with Crippen LogP contribution < -0.4 is 14.4 Å². The summed E-state index contributed by atoms with van der Waals surface area (Å²) < 4.78 is 13.4. The van der Waals surface area contributed by atoms with Crippen molar-refractivity contribution in [1.29, 1.82) is 0 Å². The Morgan fingerprint density at radius 1 is 0.810 bits per heavy atom. The minimum absolute atomic E-state index is 0.0412. The van der Waals surface area contributed by atoms with Crippen LogP contribution in [0.3, 0.4) is 0 Å². The molecular weight excluding hydrogens is 528 g/mol. The van der Waals surface area contributed by atoms with Crippen LogP contribution in [-0.2, 0) is 13.1 Å². The maximum Gasteiger partial charge on any atom is 0.270 e. The van der Waals surface area contributed by atoms with Crippen molar-refractivity contribution in [2.45, 2.75) is 25.6 Å². The number of rotatable bonds is 6. The van der Waals surface area contributed by atoms with Crippen molar-refractivity contribution in [2.24, 2.45) is 0 Å². The van der Waals surface area contributed by atoms with Gasteiger partial charge in [-0.1, -0.05) is 36.4 Å². The standard InChI is InChI=1S/C34H36N4O4/c1-35(2)25-17-18-36(21-25)34(40)30-16-14-26-22-38(29-11-7-5-9-24(29)20-37(26)30)33(39)23-13-15-28(32(19-23)42-4)27-10-6-8-12-31(27)41-3/h5-16,19,25H,17-18,20-22H2,1-4H3/t25-/m1/s1. The molecule has 0 N–H and O–H groups in total. The van der Waals surface area contributed by atoms with E-state index in [4.69, 9.17) is 9.47 Å². The quantitative estimate of drug-likeness (QED) is 0.324. The van der Waals surface area contributed by atoms with Gasteiger partial charge in [-0.3, -0.25) is 9.59 Å². The Kier molecular flexibility index (Phi) is 7.47. The van der Waals surface area contributed by atoms with Crippen LogP contribution in [-0.4, -0.2) is 73.6 Å². The zero-order chi connectivity index (χ0) is 29.4. The minimum atomic E-state index is -0.136. The number of anilines is 1. The highest BCUT2D eigenvalue weighted by molar-refractivity contribution is 6.07. The largest absolute Gasteiger partial charge is 0.496 e. The Morgan fingerprint density at radius 3 is 2.31 bits per heavy atom. The Morgan fingerprint density at radius 2 is 1.55 bits per heavy atom. The van der Waals surface area contributed by atoms with Crippen LogP contribution in [0.5, 0.6) is 11.5 Å². The van der Waals surface area contributed by atoms with E-state index in [-0.39, 0.29) is 11.8 Å². The molecule has 2 aliphatic rings. The van der Waals surface area contributed by atoms with Gasteiger partial charge in [0.05, 0.1) is 27.3 Å². The summed E-state index contributed by atoms with van der Waals surface area (Å²) in [5.41, 5.74) is 5.66. The molecule has 216 valence electrons. The molecule has 0 saturated carbocycles. The number of fused-ring (bicyclic) bond motifs is 2. The molecule has 8 heteroatoms. The normalized spacial score (nSPS) is 16.2. The fourth-order valence-corrected chi connectivity index (χ4v) is 6.11. The van der Waals surface area contributed by atoms with E-state index in [1.54, 1.807) is 25.2 Å². The monoisotopic (exact) mass is 564 g/mol. The minimum Gasteiger partial charge on any atom is -0.496 e. The predicted molar refractivity (Wildman–Crippen MR) is 163 cm³/mol. The van der Waals surface area contributed by atoms with Gasteiger partial charge in [0.1, 0.15) is 17.2 Å². The molecule has 6 rings (SSSR count). The number of likely N-dealkylation sites (tertiary alicyclic amines) is 1. The molecule has 1 aromatic heterocycles. The molecule has 0 bridgehead atoms. The van der Waals surface area contributed by atoms with E-state index in [1.807, 2.05) is 77.7 Å². The van der Waals surface area contributed by atoms with Crippen molar-refractivity contribution >= 4 is 17.5 Å². The van der Waals surface area contributed by atoms with E-state index < -0.39 is 0 Å². The van der Waals surface area contributed by atoms with Gasteiger partial charge < -0.3 is 28.7 Å². The van der Waals surface area contributed by atoms with E-state index in [9.17, 15) is 9.59 Å². The Hall–Kier alpha value is -4.56. The molecule has 2 aliphatic heterocycles. The zero-order valence-corrected chi connectivity index (χ0v) is 24.5. The summed E-state index contributed by atoms with van der Waals surface area (Å²) in [6.07, 6.45) is 0.969. The number of carbonyl (C=O) groups excluding carboxylic acids is 2. The van der Waals surface area contributed by atoms with E-state index in [0.717, 1.165) is 53.3 Å². The molecule has 42 heavy (non-hydrogen) atoms. The fourth-order valence-electron chi connectivity index (χ4n) is 6.11. The molecule has 4 aromatic rings. The summed E-state index contributed by atoms with van der Waals surface area (Å²) >= 11 is 0. The van der Waals surface area contributed by atoms with Gasteiger partial charge in [-0.05, 0) is 68.5 Å². The molecule has 1 atom stereocenters. The number of carbonyl (C=O) groups is 2. The number of para-hydroxylation sites is 2. The number of ether oxygens (including phenoxy) is 2. The number of aromatic nitrogens is 1. The first-order valence-corrected chi connectivity index (χ1v) is 14.2. The second-order valence-corrected chi connectivity index (χ2v) is 11.1. The lowest BCUT2D eigenvalue weighted by Crippen LogP contribution is -2.35. The lowest BCUT2D eigenvalue weighted by molar-refractivity contribution is 0.0772. The van der Waals surface area contributed by atoms with Crippen LogP contribution in [0.2, 0.25) is 0 Å². The number of hydrogen-bond donors (Lipinski definition) is 0. The summed E-state index contributed by atoms with van der Waals surface area (Å²) in [4.78, 5) is 33.8. The molecule has 2 amide bonds. The maximum atomic E-state index is 14.2. The summed E-state index contributed by atoms with van der Waals surface area (Å²) in [7, 11) is 7.37. The molecule has 0 aliphatic carbocycles. The number of nitrogens with zero attached hydrogens (tertiary/aromatic N) is 4. The maximum absolute atomic E-state index is 14.2. The topological polar surface area (TPSA) is 67.2 Å². The smallest absolute Gasteiger partial charge is 0.270 e. The van der Waals surface area contributed by atoms with Gasteiger partial charge in [-0.2, -0.15) is 0 Å². The van der Waals surface area contributed by atoms with Gasteiger partial charge >= 0.3 is 0 Å². The summed E-state index contributed by atoms with van der Waals surface area (Å²) in [6.45, 7) is 2.33. The summed E-state index contributed by atoms with van der Waals surface area (Å²) in [5.74, 6) is 1.22. The van der Waals surface area contributed by atoms with Gasteiger partial charge in [0, 0.05) is 47.2 Å². The lowest BCUT2D eigenvalue weighted by Gasteiger charge is -2.23. The van der Waals surface area contributed by atoms with E-state index >= 15 is 0 Å². The first-order valence-electron chi connectivity index (χ1n) is 14.2. The van der Waals surface area contributed by atoms with Gasteiger partial charge in [0.25, 0.3) is 11.8 Å². The highest BCUT2D eigenvalue weighted by Gasteiger charge is 2.32. The number of amides is 2. The third kappa shape index (κ3) is 4.92. The Bertz CT molecular complexity index is 1640. The second kappa shape index (κ2) is 11.4. The predicted octanol–water partition coefficient (Wildman–Crippen LogP) is 5.16. The highest BCUT2D eigenvalue weighted by Crippen LogP contribution is 2.38. The van der Waals surface area contributed by atoms with Crippen LogP contribution in [0.4, 0.5) is 5.69 Å². The molecule has 1 fully saturated rings. The van der Waals surface area contributed by atoms with Crippen LogP contribution in [0, 0.1) is 0 Å². The SMILES string of the molecule is COc1ccccc1-c1ccc(C(=O)N2Cc3ccc(C(=O)N4CC[C@@H](N(C)C)C4)n3Cc3ccccc32)cc1OC. The van der Waals surface area contributed by atoms with Crippen molar-refractivity contribution in [2.75, 3.05) is 46.3 Å². The van der Waals surface area contributed by atoms with E-state index in [2.05, 4.69) is 23.6 Å². The van der Waals surface area contributed by atoms with Crippen LogP contribution in [0.15, 0.2) is 78.9 Å². The van der Waals surface area contributed by atoms with Crippen molar-refractivity contribution in [3.63, 3.8) is 0 Å². The lowest BCUT2D eigenvalue weighted by atomic mass is 10.0. The van der Waals surface area contributed by atoms with Crippen LogP contribution >= 0.6 is 0 Å². The first-order chi connectivity index (χ1) is 20.4. The molecule has 0 radical (unpaired) electrons.